The number of aliphatic hydroxyl groups is 1. The van der Waals surface area contributed by atoms with E-state index in [1.807, 2.05) is 45.0 Å². The Hall–Kier alpha value is -3.08. The Morgan fingerprint density at radius 1 is 1.10 bits per heavy atom. The average molecular weight is 422 g/mol. The second-order valence-electron chi connectivity index (χ2n) is 8.14. The average Bonchev–Trinajstić information content (AvgIpc) is 3.01. The van der Waals surface area contributed by atoms with Crippen molar-refractivity contribution in [3.63, 3.8) is 0 Å². The molecule has 5 heteroatoms. The molecule has 5 nitrogen and oxygen atoms in total. The number of amides is 1. The van der Waals surface area contributed by atoms with Gasteiger partial charge in [0.2, 0.25) is 0 Å². The first-order chi connectivity index (χ1) is 14.9. The van der Waals surface area contributed by atoms with Gasteiger partial charge in [0, 0.05) is 12.1 Å². The lowest BCUT2D eigenvalue weighted by atomic mass is 9.94. The summed E-state index contributed by atoms with van der Waals surface area (Å²) < 4.78 is 5.73. The quantitative estimate of drug-likeness (QED) is 0.359. The molecule has 0 aliphatic carbocycles. The molecule has 1 unspecified atom stereocenters. The Morgan fingerprint density at radius 2 is 1.81 bits per heavy atom. The maximum absolute atomic E-state index is 13.0. The number of likely N-dealkylation sites (tertiary alicyclic amines) is 1. The molecule has 3 rings (SSSR count). The second kappa shape index (κ2) is 9.82. The summed E-state index contributed by atoms with van der Waals surface area (Å²) in [5.41, 5.74) is 2.59. The zero-order valence-electron chi connectivity index (χ0n) is 18.7. The van der Waals surface area contributed by atoms with Crippen molar-refractivity contribution in [2.75, 3.05) is 6.54 Å². The standard InChI is InChI=1S/C26H31NO4/c1-5-7-15-27-23(19-13-11-18(6-2)12-14-19)22(25(29)26(27)30)24(28)20-9-8-10-21(16-20)31-17(3)4/h8-14,16-17,23,28H,5-7,15H2,1-4H3/b24-22-. The van der Waals surface area contributed by atoms with Crippen molar-refractivity contribution >= 4 is 17.4 Å². The lowest BCUT2D eigenvalue weighted by Gasteiger charge is -2.25. The van der Waals surface area contributed by atoms with E-state index < -0.39 is 17.7 Å². The third-order valence-electron chi connectivity index (χ3n) is 5.48. The number of hydrogen-bond donors (Lipinski definition) is 1. The van der Waals surface area contributed by atoms with E-state index in [9.17, 15) is 14.7 Å². The highest BCUT2D eigenvalue weighted by Gasteiger charge is 2.45. The Bertz CT molecular complexity index is 975. The lowest BCUT2D eigenvalue weighted by molar-refractivity contribution is -0.139. The minimum Gasteiger partial charge on any atom is -0.507 e. The van der Waals surface area contributed by atoms with Crippen LogP contribution in [0.5, 0.6) is 5.75 Å². The summed E-state index contributed by atoms with van der Waals surface area (Å²) in [6.07, 6.45) is 2.57. The van der Waals surface area contributed by atoms with E-state index in [0.29, 0.717) is 17.9 Å². The fourth-order valence-corrected chi connectivity index (χ4v) is 3.87. The van der Waals surface area contributed by atoms with Crippen LogP contribution in [0.1, 0.15) is 63.3 Å². The predicted octanol–water partition coefficient (Wildman–Crippen LogP) is 5.26. The van der Waals surface area contributed by atoms with E-state index in [0.717, 1.165) is 24.8 Å². The van der Waals surface area contributed by atoms with Crippen molar-refractivity contribution < 1.29 is 19.4 Å². The highest BCUT2D eigenvalue weighted by atomic mass is 16.5. The van der Waals surface area contributed by atoms with Crippen LogP contribution >= 0.6 is 0 Å². The Morgan fingerprint density at radius 3 is 2.42 bits per heavy atom. The van der Waals surface area contributed by atoms with Crippen LogP contribution in [0.3, 0.4) is 0 Å². The number of carbonyl (C=O) groups excluding carboxylic acids is 2. The molecule has 1 heterocycles. The molecule has 0 bridgehead atoms. The Balaban J connectivity index is 2.11. The van der Waals surface area contributed by atoms with Gasteiger partial charge in [0.1, 0.15) is 11.5 Å². The van der Waals surface area contributed by atoms with E-state index in [-0.39, 0.29) is 17.4 Å². The molecule has 1 saturated heterocycles. The van der Waals surface area contributed by atoms with Crippen molar-refractivity contribution in [3.05, 3.63) is 70.8 Å². The molecule has 0 saturated carbocycles. The summed E-state index contributed by atoms with van der Waals surface area (Å²) in [6.45, 7) is 8.43. The van der Waals surface area contributed by atoms with E-state index >= 15 is 0 Å². The number of hydrogen-bond acceptors (Lipinski definition) is 4. The molecule has 1 aliphatic heterocycles. The lowest BCUT2D eigenvalue weighted by Crippen LogP contribution is -2.30. The molecule has 1 aliphatic rings. The number of unbranched alkanes of at least 4 members (excludes halogenated alkanes) is 1. The van der Waals surface area contributed by atoms with Gasteiger partial charge in [-0.1, -0.05) is 56.7 Å². The van der Waals surface area contributed by atoms with Gasteiger partial charge in [0.25, 0.3) is 11.7 Å². The number of aliphatic hydroxyl groups excluding tert-OH is 1. The van der Waals surface area contributed by atoms with Crippen molar-refractivity contribution in [3.8, 4) is 5.75 Å². The van der Waals surface area contributed by atoms with E-state index in [1.54, 1.807) is 29.2 Å². The Kier molecular flexibility index (Phi) is 7.16. The van der Waals surface area contributed by atoms with E-state index in [1.165, 1.54) is 5.56 Å². The highest BCUT2D eigenvalue weighted by molar-refractivity contribution is 6.46. The van der Waals surface area contributed by atoms with Crippen molar-refractivity contribution in [2.45, 2.75) is 59.1 Å². The third-order valence-corrected chi connectivity index (χ3v) is 5.48. The highest BCUT2D eigenvalue weighted by Crippen LogP contribution is 2.40. The molecular weight excluding hydrogens is 390 g/mol. The fraction of sp³-hybridized carbons (Fsp3) is 0.385. The molecule has 164 valence electrons. The van der Waals surface area contributed by atoms with Gasteiger partial charge >= 0.3 is 0 Å². The minimum absolute atomic E-state index is 0.0194. The van der Waals surface area contributed by atoms with Gasteiger partial charge in [-0.15, -0.1) is 0 Å². The van der Waals surface area contributed by atoms with Crippen LogP contribution in [0.2, 0.25) is 0 Å². The summed E-state index contributed by atoms with van der Waals surface area (Å²) in [4.78, 5) is 27.5. The number of aryl methyl sites for hydroxylation is 1. The molecule has 2 aromatic carbocycles. The van der Waals surface area contributed by atoms with Crippen molar-refractivity contribution in [1.29, 1.82) is 0 Å². The number of rotatable bonds is 8. The van der Waals surface area contributed by atoms with Gasteiger partial charge < -0.3 is 14.7 Å². The van der Waals surface area contributed by atoms with Gasteiger partial charge in [-0.2, -0.15) is 0 Å². The van der Waals surface area contributed by atoms with Crippen LogP contribution in [0.4, 0.5) is 0 Å². The maximum atomic E-state index is 13.0. The van der Waals surface area contributed by atoms with Crippen molar-refractivity contribution in [1.82, 2.24) is 4.90 Å². The third kappa shape index (κ3) is 4.82. The van der Waals surface area contributed by atoms with Gasteiger partial charge in [-0.3, -0.25) is 9.59 Å². The molecule has 1 atom stereocenters. The van der Waals surface area contributed by atoms with E-state index in [2.05, 4.69) is 6.92 Å². The van der Waals surface area contributed by atoms with Crippen LogP contribution in [0.25, 0.3) is 5.76 Å². The smallest absolute Gasteiger partial charge is 0.295 e. The van der Waals surface area contributed by atoms with Gasteiger partial charge in [0.15, 0.2) is 0 Å². The largest absolute Gasteiger partial charge is 0.507 e. The van der Waals surface area contributed by atoms with Crippen molar-refractivity contribution in [2.24, 2.45) is 0 Å². The first-order valence-corrected chi connectivity index (χ1v) is 11.0. The molecule has 0 radical (unpaired) electrons. The molecule has 0 spiro atoms. The summed E-state index contributed by atoms with van der Waals surface area (Å²) in [7, 11) is 0. The maximum Gasteiger partial charge on any atom is 0.295 e. The van der Waals surface area contributed by atoms with E-state index in [4.69, 9.17) is 4.74 Å². The summed E-state index contributed by atoms with van der Waals surface area (Å²) in [6, 6.07) is 14.3. The second-order valence-corrected chi connectivity index (χ2v) is 8.14. The number of ether oxygens (including phenoxy) is 1. The number of benzene rings is 2. The molecule has 1 N–H and O–H groups in total. The molecular formula is C26H31NO4. The fourth-order valence-electron chi connectivity index (χ4n) is 3.87. The zero-order chi connectivity index (χ0) is 22.5. The molecule has 1 fully saturated rings. The van der Waals surface area contributed by atoms with Crippen LogP contribution in [0.15, 0.2) is 54.1 Å². The van der Waals surface area contributed by atoms with Gasteiger partial charge in [0.05, 0.1) is 17.7 Å². The first kappa shape index (κ1) is 22.6. The Labute approximate surface area is 184 Å². The number of nitrogens with zero attached hydrogens (tertiary/aromatic N) is 1. The first-order valence-electron chi connectivity index (χ1n) is 11.0. The number of ketones is 1. The minimum atomic E-state index is -0.645. The van der Waals surface area contributed by atoms with Gasteiger partial charge in [-0.05, 0) is 49.9 Å². The molecule has 31 heavy (non-hydrogen) atoms. The topological polar surface area (TPSA) is 66.8 Å². The zero-order valence-corrected chi connectivity index (χ0v) is 18.7. The predicted molar refractivity (Wildman–Crippen MR) is 122 cm³/mol. The molecule has 0 aromatic heterocycles. The monoisotopic (exact) mass is 421 g/mol. The van der Waals surface area contributed by atoms with Crippen LogP contribution < -0.4 is 4.74 Å². The van der Waals surface area contributed by atoms with Gasteiger partial charge in [-0.25, -0.2) is 0 Å². The van der Waals surface area contributed by atoms with Crippen LogP contribution in [0, 0.1) is 0 Å². The summed E-state index contributed by atoms with van der Waals surface area (Å²) >= 11 is 0. The van der Waals surface area contributed by atoms with Crippen LogP contribution in [-0.2, 0) is 16.0 Å². The summed E-state index contributed by atoms with van der Waals surface area (Å²) in [5, 5.41) is 11.2. The SMILES string of the molecule is CCCCN1C(=O)C(=O)/C(=C(\O)c2cccc(OC(C)C)c2)C1c1ccc(CC)cc1. The number of carbonyl (C=O) groups is 2. The van der Waals surface area contributed by atoms with Crippen LogP contribution in [-0.4, -0.2) is 34.3 Å². The molecule has 1 amide bonds. The summed E-state index contributed by atoms with van der Waals surface area (Å²) in [5.74, 6) is -0.776. The normalized spacial score (nSPS) is 18.1. The number of Topliss-reactive ketones (excluding diaryl/α,β-unsaturated/α-hetero) is 1. The molecule has 2 aromatic rings.